The number of thioether (sulfide) groups is 1. The van der Waals surface area contributed by atoms with Crippen LogP contribution in [0.15, 0.2) is 38.6 Å². The van der Waals surface area contributed by atoms with E-state index in [2.05, 4.69) is 15.1 Å². The minimum absolute atomic E-state index is 0.101. The predicted octanol–water partition coefficient (Wildman–Crippen LogP) is 3.15. The Morgan fingerprint density at radius 2 is 2.00 bits per heavy atom. The molecule has 1 N–H and O–H groups in total. The largest absolute Gasteiger partial charge is 0.508 e. The van der Waals surface area contributed by atoms with Crippen LogP contribution in [-0.2, 0) is 5.75 Å². The monoisotopic (exact) mass is 368 g/mol. The van der Waals surface area contributed by atoms with Gasteiger partial charge in [0.25, 0.3) is 5.78 Å². The molecule has 0 unspecified atom stereocenters. The maximum absolute atomic E-state index is 11.9. The molecule has 0 amide bonds. The quantitative estimate of drug-likeness (QED) is 0.438. The van der Waals surface area contributed by atoms with Crippen molar-refractivity contribution in [2.75, 3.05) is 0 Å². The third-order valence-corrected chi connectivity index (χ3v) is 5.06. The van der Waals surface area contributed by atoms with Crippen molar-refractivity contribution in [3.05, 3.63) is 57.2 Å². The summed E-state index contributed by atoms with van der Waals surface area (Å²) in [5, 5.41) is 15.7. The highest BCUT2D eigenvalue weighted by Crippen LogP contribution is 2.30. The second kappa shape index (κ2) is 6.14. The molecule has 0 aliphatic carbocycles. The number of hydrogen-bond donors (Lipinski definition) is 1. The lowest BCUT2D eigenvalue weighted by Gasteiger charge is -2.07. The number of aromatic nitrogens is 4. The third kappa shape index (κ3) is 2.82. The molecule has 0 radical (unpaired) electrons. The van der Waals surface area contributed by atoms with Crippen molar-refractivity contribution in [1.29, 1.82) is 0 Å². The predicted molar refractivity (Wildman–Crippen MR) is 98.7 cm³/mol. The number of hydrogen-bond acceptors (Lipinski definition) is 7. The summed E-state index contributed by atoms with van der Waals surface area (Å²) >= 11 is 1.42. The molecule has 26 heavy (non-hydrogen) atoms. The van der Waals surface area contributed by atoms with Gasteiger partial charge in [-0.1, -0.05) is 11.8 Å². The molecular formula is C18H16N4O3S. The summed E-state index contributed by atoms with van der Waals surface area (Å²) in [5.74, 6) is 1.16. The van der Waals surface area contributed by atoms with Gasteiger partial charge in [-0.05, 0) is 44.5 Å². The van der Waals surface area contributed by atoms with Crippen molar-refractivity contribution in [3.8, 4) is 5.75 Å². The summed E-state index contributed by atoms with van der Waals surface area (Å²) in [7, 11) is 0. The van der Waals surface area contributed by atoms with Crippen molar-refractivity contribution in [2.24, 2.45) is 0 Å². The smallest absolute Gasteiger partial charge is 0.336 e. The van der Waals surface area contributed by atoms with E-state index in [-0.39, 0.29) is 5.75 Å². The summed E-state index contributed by atoms with van der Waals surface area (Å²) in [5.41, 5.74) is 3.17. The molecule has 3 aromatic heterocycles. The second-order valence-corrected chi connectivity index (χ2v) is 7.05. The van der Waals surface area contributed by atoms with Gasteiger partial charge in [0.1, 0.15) is 11.3 Å². The van der Waals surface area contributed by atoms with Crippen LogP contribution in [0.4, 0.5) is 0 Å². The maximum atomic E-state index is 11.9. The molecule has 1 aromatic carbocycles. The first-order chi connectivity index (χ1) is 12.4. The van der Waals surface area contributed by atoms with E-state index in [0.29, 0.717) is 27.8 Å². The number of aromatic hydroxyl groups is 1. The number of phenolic OH excluding ortho intramolecular Hbond substituents is 1. The SMILES string of the molecule is Cc1cc(C)n2nc(SCc3cc(=O)oc4c(C)c(O)ccc34)nc2n1. The highest BCUT2D eigenvalue weighted by molar-refractivity contribution is 7.98. The fraction of sp³-hybridized carbons (Fsp3) is 0.222. The summed E-state index contributed by atoms with van der Waals surface area (Å²) in [6.45, 7) is 5.59. The van der Waals surface area contributed by atoms with E-state index in [1.54, 1.807) is 23.6 Å². The van der Waals surface area contributed by atoms with E-state index < -0.39 is 5.63 Å². The van der Waals surface area contributed by atoms with Crippen LogP contribution in [0.25, 0.3) is 16.7 Å². The van der Waals surface area contributed by atoms with E-state index >= 15 is 0 Å². The molecule has 0 aliphatic rings. The molecular weight excluding hydrogens is 352 g/mol. The van der Waals surface area contributed by atoms with Crippen LogP contribution in [0.2, 0.25) is 0 Å². The van der Waals surface area contributed by atoms with E-state index in [4.69, 9.17) is 4.42 Å². The molecule has 4 rings (SSSR count). The van der Waals surface area contributed by atoms with Gasteiger partial charge in [0.05, 0.1) is 0 Å². The lowest BCUT2D eigenvalue weighted by atomic mass is 10.1. The Labute approximate surface area is 152 Å². The van der Waals surface area contributed by atoms with Gasteiger partial charge in [-0.3, -0.25) is 0 Å². The van der Waals surface area contributed by atoms with Gasteiger partial charge in [-0.25, -0.2) is 14.3 Å². The molecule has 3 heterocycles. The Morgan fingerprint density at radius 3 is 2.81 bits per heavy atom. The molecule has 0 saturated carbocycles. The zero-order chi connectivity index (χ0) is 18.4. The molecule has 0 fully saturated rings. The Balaban J connectivity index is 1.71. The highest BCUT2D eigenvalue weighted by atomic mass is 32.2. The molecule has 0 bridgehead atoms. The van der Waals surface area contributed by atoms with E-state index in [9.17, 15) is 9.90 Å². The number of nitrogens with zero attached hydrogens (tertiary/aromatic N) is 4. The van der Waals surface area contributed by atoms with E-state index in [0.717, 1.165) is 22.3 Å². The van der Waals surface area contributed by atoms with Crippen LogP contribution >= 0.6 is 11.8 Å². The molecule has 0 saturated heterocycles. The summed E-state index contributed by atoms with van der Waals surface area (Å²) < 4.78 is 6.98. The number of fused-ring (bicyclic) bond motifs is 2. The fourth-order valence-corrected chi connectivity index (χ4v) is 3.70. The molecule has 7 nitrogen and oxygen atoms in total. The normalized spacial score (nSPS) is 11.5. The van der Waals surface area contributed by atoms with Gasteiger partial charge in [0.15, 0.2) is 0 Å². The number of aryl methyl sites for hydroxylation is 3. The lowest BCUT2D eigenvalue weighted by Crippen LogP contribution is -2.01. The van der Waals surface area contributed by atoms with Crippen LogP contribution < -0.4 is 5.63 Å². The topological polar surface area (TPSA) is 93.5 Å². The van der Waals surface area contributed by atoms with Crippen LogP contribution in [0.5, 0.6) is 5.75 Å². The number of phenols is 1. The first-order valence-corrected chi connectivity index (χ1v) is 9.00. The zero-order valence-electron chi connectivity index (χ0n) is 14.5. The second-order valence-electron chi connectivity index (χ2n) is 6.11. The zero-order valence-corrected chi connectivity index (χ0v) is 15.3. The summed E-state index contributed by atoms with van der Waals surface area (Å²) in [4.78, 5) is 20.7. The third-order valence-electron chi connectivity index (χ3n) is 4.17. The average molecular weight is 368 g/mol. The van der Waals surface area contributed by atoms with Gasteiger partial charge in [-0.2, -0.15) is 4.98 Å². The highest BCUT2D eigenvalue weighted by Gasteiger charge is 2.13. The first-order valence-electron chi connectivity index (χ1n) is 8.01. The Morgan fingerprint density at radius 1 is 1.19 bits per heavy atom. The fourth-order valence-electron chi connectivity index (χ4n) is 2.89. The minimum atomic E-state index is -0.446. The minimum Gasteiger partial charge on any atom is -0.508 e. The Bertz CT molecular complexity index is 1210. The number of benzene rings is 1. The molecule has 132 valence electrons. The molecule has 0 atom stereocenters. The standard InChI is InChI=1S/C18H16N4O3S/c1-9-6-10(2)22-17(19-9)20-18(21-22)26-8-12-7-15(24)25-16-11(3)14(23)5-4-13(12)16/h4-7,23H,8H2,1-3H3. The van der Waals surface area contributed by atoms with Gasteiger partial charge in [0.2, 0.25) is 5.16 Å². The molecule has 0 aliphatic heterocycles. The van der Waals surface area contributed by atoms with Crippen molar-refractivity contribution in [2.45, 2.75) is 31.7 Å². The van der Waals surface area contributed by atoms with E-state index in [1.165, 1.54) is 17.8 Å². The Hall–Kier alpha value is -2.87. The summed E-state index contributed by atoms with van der Waals surface area (Å²) in [6.07, 6.45) is 0. The number of rotatable bonds is 3. The first kappa shape index (κ1) is 16.6. The van der Waals surface area contributed by atoms with Crippen LogP contribution in [-0.4, -0.2) is 24.7 Å². The molecule has 8 heteroatoms. The average Bonchev–Trinajstić information content (AvgIpc) is 2.99. The summed E-state index contributed by atoms with van der Waals surface area (Å²) in [6, 6.07) is 6.77. The molecule has 4 aromatic rings. The van der Waals surface area contributed by atoms with Crippen molar-refractivity contribution < 1.29 is 9.52 Å². The van der Waals surface area contributed by atoms with Crippen LogP contribution in [0.1, 0.15) is 22.5 Å². The van der Waals surface area contributed by atoms with Crippen molar-refractivity contribution in [1.82, 2.24) is 19.6 Å². The lowest BCUT2D eigenvalue weighted by molar-refractivity contribution is 0.468. The van der Waals surface area contributed by atoms with E-state index in [1.807, 2.05) is 19.9 Å². The van der Waals surface area contributed by atoms with Gasteiger partial charge in [-0.15, -0.1) is 5.10 Å². The van der Waals surface area contributed by atoms with Crippen molar-refractivity contribution in [3.63, 3.8) is 0 Å². The Kier molecular flexibility index (Phi) is 3.91. The van der Waals surface area contributed by atoms with Crippen LogP contribution in [0, 0.1) is 20.8 Å². The molecule has 0 spiro atoms. The van der Waals surface area contributed by atoms with Crippen LogP contribution in [0.3, 0.4) is 0 Å². The van der Waals surface area contributed by atoms with Gasteiger partial charge in [0, 0.05) is 34.2 Å². The maximum Gasteiger partial charge on any atom is 0.336 e. The van der Waals surface area contributed by atoms with Crippen molar-refractivity contribution >= 4 is 28.5 Å². The van der Waals surface area contributed by atoms with Gasteiger partial charge >= 0.3 is 5.63 Å². The van der Waals surface area contributed by atoms with Gasteiger partial charge < -0.3 is 9.52 Å².